The van der Waals surface area contributed by atoms with Crippen LogP contribution in [0.2, 0.25) is 0 Å². The molecule has 0 N–H and O–H groups in total. The van der Waals surface area contributed by atoms with Crippen molar-refractivity contribution in [2.45, 2.75) is 97.1 Å². The van der Waals surface area contributed by atoms with Gasteiger partial charge in [-0.25, -0.2) is 44.4 Å². The van der Waals surface area contributed by atoms with Crippen molar-refractivity contribution in [1.29, 1.82) is 0 Å². The second kappa shape index (κ2) is 22.2. The van der Waals surface area contributed by atoms with E-state index in [1.54, 1.807) is 70.5 Å². The number of ether oxygens (including phenoxy) is 2. The zero-order valence-corrected chi connectivity index (χ0v) is 39.4. The number of hydrogen-bond acceptors (Lipinski definition) is 14. The molecule has 0 unspecified atom stereocenters. The average Bonchev–Trinajstić information content (AvgIpc) is 4.01. The maximum absolute atomic E-state index is 15.0. The highest BCUT2D eigenvalue weighted by molar-refractivity contribution is 7.91. The number of alkyl halides is 6. The van der Waals surface area contributed by atoms with Crippen molar-refractivity contribution in [3.63, 3.8) is 0 Å². The van der Waals surface area contributed by atoms with Gasteiger partial charge >= 0.3 is 12.7 Å². The lowest BCUT2D eigenvalue weighted by Crippen LogP contribution is -2.41. The Morgan fingerprint density at radius 1 is 0.557 bits per heavy atom. The lowest BCUT2D eigenvalue weighted by Gasteiger charge is -2.40. The van der Waals surface area contributed by atoms with Crippen LogP contribution in [0, 0.1) is 23.3 Å². The van der Waals surface area contributed by atoms with Gasteiger partial charge in [0.05, 0.1) is 12.2 Å². The molecule has 0 saturated carbocycles. The summed E-state index contributed by atoms with van der Waals surface area (Å²) in [6.45, 7) is 0.0203. The van der Waals surface area contributed by atoms with Crippen LogP contribution in [-0.4, -0.2) is 83.4 Å². The monoisotopic (exact) mass is 1070 g/mol. The molecule has 4 aromatic carbocycles. The molecule has 2 aromatic heterocycles. The van der Waals surface area contributed by atoms with E-state index in [1.165, 1.54) is 12.7 Å². The predicted molar refractivity (Wildman–Crippen MR) is 234 cm³/mol. The van der Waals surface area contributed by atoms with E-state index in [1.807, 2.05) is 0 Å². The van der Waals surface area contributed by atoms with Crippen LogP contribution in [0.3, 0.4) is 0 Å². The van der Waals surface area contributed by atoms with Crippen molar-refractivity contribution in [3.8, 4) is 0 Å². The van der Waals surface area contributed by atoms with Crippen LogP contribution in [0.15, 0.2) is 107 Å². The van der Waals surface area contributed by atoms with E-state index >= 15 is 0 Å². The normalized spacial score (nSPS) is 19.7. The fourth-order valence-electron chi connectivity index (χ4n) is 8.27. The summed E-state index contributed by atoms with van der Waals surface area (Å²) >= 11 is 1.68. The number of likely N-dealkylation sites (tertiary alicyclic amines) is 2. The summed E-state index contributed by atoms with van der Waals surface area (Å²) in [5.41, 5.74) is 1.21. The zero-order valence-electron chi connectivity index (χ0n) is 36.2. The number of sulfone groups is 2. The van der Waals surface area contributed by atoms with E-state index in [2.05, 4.69) is 28.2 Å². The third-order valence-electron chi connectivity index (χ3n) is 11.4. The number of halogens is 10. The minimum Gasteiger partial charge on any atom is -0.292 e. The van der Waals surface area contributed by atoms with Crippen molar-refractivity contribution in [2.24, 2.45) is 0 Å². The van der Waals surface area contributed by atoms with Crippen LogP contribution in [0.25, 0.3) is 0 Å². The van der Waals surface area contributed by atoms with Gasteiger partial charge in [-0.15, -0.1) is 26.3 Å². The molecule has 2 aliphatic rings. The van der Waals surface area contributed by atoms with Gasteiger partial charge < -0.3 is 0 Å². The number of hydrogen-bond donors (Lipinski definition) is 0. The van der Waals surface area contributed by atoms with Crippen molar-refractivity contribution in [2.75, 3.05) is 13.1 Å². The van der Waals surface area contributed by atoms with E-state index < -0.39 is 101 Å². The van der Waals surface area contributed by atoms with Gasteiger partial charge in [0.1, 0.15) is 67.2 Å². The molecule has 2 fully saturated rings. The van der Waals surface area contributed by atoms with Crippen molar-refractivity contribution in [3.05, 3.63) is 153 Å². The van der Waals surface area contributed by atoms with Gasteiger partial charge in [-0.3, -0.25) is 19.3 Å². The summed E-state index contributed by atoms with van der Waals surface area (Å²) in [5, 5.41) is 0.284. The zero-order chi connectivity index (χ0) is 50.4. The molecule has 376 valence electrons. The Balaban J connectivity index is 0.000000206. The predicted octanol–water partition coefficient (Wildman–Crippen LogP) is 10.1. The molecule has 8 rings (SSSR count). The molecule has 70 heavy (non-hydrogen) atoms. The fourth-order valence-corrected chi connectivity index (χ4v) is 12.6. The van der Waals surface area contributed by atoms with Crippen LogP contribution in [0.1, 0.15) is 70.0 Å². The van der Waals surface area contributed by atoms with Crippen molar-refractivity contribution >= 4 is 42.7 Å². The lowest BCUT2D eigenvalue weighted by molar-refractivity contribution is -0.348. The Morgan fingerprint density at radius 2 is 0.929 bits per heavy atom. The molecule has 0 spiro atoms. The highest BCUT2D eigenvalue weighted by atomic mass is 32.2. The first kappa shape index (κ1) is 52.9. The third kappa shape index (κ3) is 14.1. The number of aromatic nitrogens is 4. The number of rotatable bonds is 14. The molecule has 12 nitrogen and oxygen atoms in total. The van der Waals surface area contributed by atoms with E-state index in [0.717, 1.165) is 35.2 Å². The summed E-state index contributed by atoms with van der Waals surface area (Å²) in [5.74, 6) is -5.31. The summed E-state index contributed by atoms with van der Waals surface area (Å²) in [6, 6.07) is 19.3. The molecule has 0 aliphatic carbocycles. The van der Waals surface area contributed by atoms with Gasteiger partial charge in [0, 0.05) is 49.4 Å². The van der Waals surface area contributed by atoms with Gasteiger partial charge in [-0.2, -0.15) is 8.75 Å². The Morgan fingerprint density at radius 3 is 1.26 bits per heavy atom. The van der Waals surface area contributed by atoms with Gasteiger partial charge in [0.2, 0.25) is 0 Å². The highest BCUT2D eigenvalue weighted by Crippen LogP contribution is 2.39. The first-order chi connectivity index (χ1) is 33.0. The summed E-state index contributed by atoms with van der Waals surface area (Å²) in [4.78, 5) is 9.43. The smallest absolute Gasteiger partial charge is 0.292 e. The molecule has 2 saturated heterocycles. The largest absolute Gasteiger partial charge is 0.522 e. The maximum Gasteiger partial charge on any atom is 0.522 e. The SMILES string of the molecule is O=S(=O)(Cc1ncns1)c1cc(F)c(CN2CC[C@H](OC(F)(F)F)C[C@@H]2c2ccccc2)cc1F.O=S(=O)(Cc1ncns1)c1cc(F)c(CN2CC[C@H](OC(F)(F)F)C[C@H]2c2ccccc2)cc1F. The topological polar surface area (TPSA) is 145 Å². The first-order valence-corrected chi connectivity index (χ1v) is 25.9. The summed E-state index contributed by atoms with van der Waals surface area (Å²) in [7, 11) is -8.42. The molecule has 2 aliphatic heterocycles. The molecule has 26 heteroatoms. The molecule has 0 amide bonds. The minimum absolute atomic E-state index is 0.00192. The molecule has 0 radical (unpaired) electrons. The Kier molecular flexibility index (Phi) is 16.8. The molecule has 4 atom stereocenters. The number of benzene rings is 4. The van der Waals surface area contributed by atoms with Crippen LogP contribution >= 0.6 is 23.1 Å². The Bertz CT molecular complexity index is 2710. The molecule has 6 aromatic rings. The maximum atomic E-state index is 15.0. The number of piperidine rings is 2. The standard InChI is InChI=1S/2C22H20F5N3O3S2/c2*23-17-10-20(35(31,32)12-21-28-13-29-34-21)18(24)8-15(17)11-30-7-6-16(33-22(25,26)27)9-19(30)14-4-2-1-3-5-14/h2*1-5,8,10,13,16,19H,6-7,9,11-12H2/t16-,19+;16-,19-/m00/s1. The quantitative estimate of drug-likeness (QED) is 0.0958. The summed E-state index contributed by atoms with van der Waals surface area (Å²) in [6.07, 6.45) is -9.29. The van der Waals surface area contributed by atoms with E-state index in [0.29, 0.717) is 23.3 Å². The molecule has 4 heterocycles. The average molecular weight is 1070 g/mol. The van der Waals surface area contributed by atoms with Crippen molar-refractivity contribution < 1.29 is 70.2 Å². The van der Waals surface area contributed by atoms with Crippen LogP contribution < -0.4 is 0 Å². The fraction of sp³-hybridized carbons (Fsp3) is 0.364. The second-order valence-corrected chi connectivity index (χ2v) is 21.8. The van der Waals surface area contributed by atoms with Gasteiger partial charge in [-0.1, -0.05) is 60.7 Å². The lowest BCUT2D eigenvalue weighted by atomic mass is 9.92. The minimum atomic E-state index is -4.78. The van der Waals surface area contributed by atoms with Gasteiger partial charge in [0.15, 0.2) is 19.7 Å². The van der Waals surface area contributed by atoms with Crippen LogP contribution in [0.4, 0.5) is 43.9 Å². The first-order valence-electron chi connectivity index (χ1n) is 21.0. The van der Waals surface area contributed by atoms with E-state index in [-0.39, 0.29) is 73.0 Å². The third-order valence-corrected chi connectivity index (χ3v) is 16.3. The highest BCUT2D eigenvalue weighted by Gasteiger charge is 2.40. The van der Waals surface area contributed by atoms with Crippen molar-refractivity contribution in [1.82, 2.24) is 28.5 Å². The van der Waals surface area contributed by atoms with E-state index in [9.17, 15) is 60.7 Å². The molecule has 0 bridgehead atoms. The Labute approximate surface area is 403 Å². The van der Waals surface area contributed by atoms with Gasteiger partial charge in [0.25, 0.3) is 0 Å². The molecular formula is C44H40F10N6O6S4. The second-order valence-electron chi connectivity index (χ2n) is 16.2. The Hall–Kier alpha value is -4.96. The van der Waals surface area contributed by atoms with Crippen LogP contribution in [0.5, 0.6) is 0 Å². The number of nitrogens with zero attached hydrogens (tertiary/aromatic N) is 6. The van der Waals surface area contributed by atoms with E-state index in [4.69, 9.17) is 0 Å². The summed E-state index contributed by atoms with van der Waals surface area (Å²) < 4.78 is 202. The van der Waals surface area contributed by atoms with Crippen LogP contribution in [-0.2, 0) is 53.7 Å². The van der Waals surface area contributed by atoms with Gasteiger partial charge in [-0.05, 0) is 84.1 Å². The molecular weight excluding hydrogens is 1030 g/mol.